The lowest BCUT2D eigenvalue weighted by Gasteiger charge is -2.12. The minimum Gasteiger partial charge on any atom is -0.404 e. The van der Waals surface area contributed by atoms with Gasteiger partial charge in [0.1, 0.15) is 10.3 Å². The molecule has 0 aliphatic carbocycles. The fraction of sp³-hybridized carbons (Fsp3) is 0.273. The molecule has 5 N–H and O–H groups in total. The van der Waals surface area contributed by atoms with Gasteiger partial charge in [-0.1, -0.05) is 12.6 Å². The van der Waals surface area contributed by atoms with E-state index < -0.39 is 0 Å². The average Bonchev–Trinajstić information content (AvgIpc) is 2.71. The summed E-state index contributed by atoms with van der Waals surface area (Å²) in [7, 11) is 1.75. The van der Waals surface area contributed by atoms with E-state index in [0.717, 1.165) is 48.4 Å². The summed E-state index contributed by atoms with van der Waals surface area (Å²) in [4.78, 5) is 13.4. The topological polar surface area (TPSA) is 114 Å². The molecule has 0 spiro atoms. The van der Waals surface area contributed by atoms with Crippen molar-refractivity contribution in [3.05, 3.63) is 65.4 Å². The third kappa shape index (κ3) is 5.84. The molecule has 29 heavy (non-hydrogen) atoms. The number of hydrogen-bond donors (Lipinski definition) is 3. The molecule has 152 valence electrons. The molecule has 0 bridgehead atoms. The predicted molar refractivity (Wildman–Crippen MR) is 127 cm³/mol. The van der Waals surface area contributed by atoms with Crippen molar-refractivity contribution in [1.82, 2.24) is 9.97 Å². The molecule has 0 aromatic carbocycles. The highest BCUT2D eigenvalue weighted by Gasteiger charge is 2.14. The van der Waals surface area contributed by atoms with Crippen molar-refractivity contribution in [3.8, 4) is 0 Å². The number of rotatable bonds is 9. The number of pyridine rings is 2. The number of aryl methyl sites for hydroxylation is 2. The molecular formula is C22H27BrN6. The number of nitrogens with two attached hydrogens (primary N) is 2. The van der Waals surface area contributed by atoms with Gasteiger partial charge in [0.05, 0.1) is 17.1 Å². The van der Waals surface area contributed by atoms with Crippen LogP contribution in [0.3, 0.4) is 0 Å². The standard InChI is InChI=1S/C22H27BrN6/c1-4-18-15(10-9-14(2)28-18)7-5-6-8-19(27-3)16(13-24)20-12-11-17(25)21(29-20)22(23)26/h4,9-13,26H,1,5-8,24-25H2,2-3H3/b16-13+,26-22?,27-19?. The van der Waals surface area contributed by atoms with Crippen molar-refractivity contribution in [2.75, 3.05) is 12.8 Å². The maximum atomic E-state index is 7.77. The van der Waals surface area contributed by atoms with Gasteiger partial charge in [0.25, 0.3) is 0 Å². The molecule has 6 nitrogen and oxygen atoms in total. The van der Waals surface area contributed by atoms with Crippen LogP contribution in [0.1, 0.15) is 47.6 Å². The highest BCUT2D eigenvalue weighted by molar-refractivity contribution is 9.18. The van der Waals surface area contributed by atoms with Crippen LogP contribution in [0, 0.1) is 12.3 Å². The van der Waals surface area contributed by atoms with E-state index in [0.29, 0.717) is 17.1 Å². The summed E-state index contributed by atoms with van der Waals surface area (Å²) in [6, 6.07) is 7.68. The lowest BCUT2D eigenvalue weighted by atomic mass is 9.99. The predicted octanol–water partition coefficient (Wildman–Crippen LogP) is 4.51. The summed E-state index contributed by atoms with van der Waals surface area (Å²) in [6.45, 7) is 5.84. The third-order valence-corrected chi connectivity index (χ3v) is 4.99. The number of aliphatic imine (C=N–C) groups is 1. The maximum Gasteiger partial charge on any atom is 0.125 e. The smallest absolute Gasteiger partial charge is 0.125 e. The highest BCUT2D eigenvalue weighted by atomic mass is 79.9. The molecule has 0 atom stereocenters. The number of aromatic nitrogens is 2. The van der Waals surface area contributed by atoms with Crippen LogP contribution >= 0.6 is 15.9 Å². The van der Waals surface area contributed by atoms with Crippen molar-refractivity contribution < 1.29 is 0 Å². The Morgan fingerprint density at radius 1 is 1.24 bits per heavy atom. The van der Waals surface area contributed by atoms with E-state index in [-0.39, 0.29) is 4.62 Å². The van der Waals surface area contributed by atoms with Gasteiger partial charge in [0.2, 0.25) is 0 Å². The Bertz CT molecular complexity index is 962. The van der Waals surface area contributed by atoms with Crippen molar-refractivity contribution in [2.24, 2.45) is 10.7 Å². The summed E-state index contributed by atoms with van der Waals surface area (Å²) in [5, 5.41) is 7.77. The van der Waals surface area contributed by atoms with E-state index >= 15 is 0 Å². The molecular weight excluding hydrogens is 428 g/mol. The lowest BCUT2D eigenvalue weighted by Crippen LogP contribution is -2.10. The van der Waals surface area contributed by atoms with Crippen LogP contribution in [0.25, 0.3) is 11.6 Å². The van der Waals surface area contributed by atoms with Gasteiger partial charge in [0.15, 0.2) is 0 Å². The van der Waals surface area contributed by atoms with Gasteiger partial charge in [-0.3, -0.25) is 15.4 Å². The van der Waals surface area contributed by atoms with Crippen LogP contribution < -0.4 is 11.5 Å². The number of allylic oxidation sites excluding steroid dienone is 1. The number of nitrogen functional groups attached to an aromatic ring is 1. The fourth-order valence-corrected chi connectivity index (χ4v) is 3.41. The minimum atomic E-state index is 0.132. The van der Waals surface area contributed by atoms with Crippen molar-refractivity contribution >= 4 is 43.6 Å². The fourth-order valence-electron chi connectivity index (χ4n) is 3.09. The Labute approximate surface area is 180 Å². The second-order valence-electron chi connectivity index (χ2n) is 6.61. The molecule has 0 radical (unpaired) electrons. The lowest BCUT2D eigenvalue weighted by molar-refractivity contribution is 0.758. The van der Waals surface area contributed by atoms with E-state index in [1.165, 1.54) is 11.8 Å². The molecule has 0 aliphatic heterocycles. The van der Waals surface area contributed by atoms with Gasteiger partial charge in [-0.25, -0.2) is 4.98 Å². The minimum absolute atomic E-state index is 0.132. The van der Waals surface area contributed by atoms with Crippen LogP contribution in [0.15, 0.2) is 42.0 Å². The van der Waals surface area contributed by atoms with Crippen LogP contribution in [-0.4, -0.2) is 27.3 Å². The summed E-state index contributed by atoms with van der Waals surface area (Å²) in [5.74, 6) is 0. The molecule has 2 aromatic heterocycles. The summed E-state index contributed by atoms with van der Waals surface area (Å²) in [5.41, 5.74) is 18.1. The largest absolute Gasteiger partial charge is 0.404 e. The summed E-state index contributed by atoms with van der Waals surface area (Å²) in [6.07, 6.45) is 6.97. The first kappa shape index (κ1) is 22.5. The normalized spacial score (nSPS) is 12.1. The van der Waals surface area contributed by atoms with E-state index in [1.807, 2.05) is 19.1 Å². The van der Waals surface area contributed by atoms with Crippen molar-refractivity contribution in [3.63, 3.8) is 0 Å². The number of unbranched alkanes of at least 4 members (excludes halogenated alkanes) is 1. The number of anilines is 1. The van der Waals surface area contributed by atoms with Gasteiger partial charge in [-0.15, -0.1) is 0 Å². The highest BCUT2D eigenvalue weighted by Crippen LogP contribution is 2.22. The molecule has 0 unspecified atom stereocenters. The summed E-state index contributed by atoms with van der Waals surface area (Å²) < 4.78 is 0.132. The van der Waals surface area contributed by atoms with Gasteiger partial charge >= 0.3 is 0 Å². The van der Waals surface area contributed by atoms with Gasteiger partial charge < -0.3 is 11.5 Å². The number of nitrogens with one attached hydrogen (secondary N) is 1. The zero-order valence-corrected chi connectivity index (χ0v) is 18.5. The van der Waals surface area contributed by atoms with Gasteiger partial charge in [0, 0.05) is 30.2 Å². The Morgan fingerprint density at radius 3 is 2.62 bits per heavy atom. The third-order valence-electron chi connectivity index (χ3n) is 4.61. The van der Waals surface area contributed by atoms with E-state index in [2.05, 4.69) is 43.5 Å². The molecule has 0 saturated heterocycles. The monoisotopic (exact) mass is 454 g/mol. The zero-order valence-electron chi connectivity index (χ0n) is 16.9. The molecule has 2 heterocycles. The average molecular weight is 455 g/mol. The molecule has 0 saturated carbocycles. The maximum absolute atomic E-state index is 7.77. The van der Waals surface area contributed by atoms with Gasteiger partial charge in [-0.05, 0) is 78.4 Å². The van der Waals surface area contributed by atoms with Gasteiger partial charge in [-0.2, -0.15) is 0 Å². The quantitative estimate of drug-likeness (QED) is 0.381. The number of nitrogens with zero attached hydrogens (tertiary/aromatic N) is 3. The number of halogens is 1. The Balaban J connectivity index is 2.07. The van der Waals surface area contributed by atoms with Crippen LogP contribution in [0.4, 0.5) is 5.69 Å². The van der Waals surface area contributed by atoms with Crippen molar-refractivity contribution in [2.45, 2.75) is 32.6 Å². The zero-order chi connectivity index (χ0) is 21.4. The first-order valence-corrected chi connectivity index (χ1v) is 10.2. The first-order valence-electron chi connectivity index (χ1n) is 9.39. The summed E-state index contributed by atoms with van der Waals surface area (Å²) >= 11 is 3.13. The Morgan fingerprint density at radius 2 is 2.00 bits per heavy atom. The van der Waals surface area contributed by atoms with E-state index in [1.54, 1.807) is 19.2 Å². The Kier molecular flexibility index (Phi) is 8.27. The van der Waals surface area contributed by atoms with Crippen molar-refractivity contribution in [1.29, 1.82) is 5.41 Å². The molecule has 0 aliphatic rings. The Hall–Kier alpha value is -2.80. The molecule has 0 fully saturated rings. The van der Waals surface area contributed by atoms with Crippen LogP contribution in [-0.2, 0) is 6.42 Å². The van der Waals surface area contributed by atoms with E-state index in [9.17, 15) is 0 Å². The number of hydrogen-bond acceptors (Lipinski definition) is 6. The SMILES string of the molecule is C=Cc1nc(C)ccc1CCCCC(=NC)/C(=C\N)c1ccc(N)c(C(=N)Br)n1. The second-order valence-corrected chi connectivity index (χ2v) is 7.40. The van der Waals surface area contributed by atoms with E-state index in [4.69, 9.17) is 16.9 Å². The van der Waals surface area contributed by atoms with Crippen LogP contribution in [0.2, 0.25) is 0 Å². The first-order chi connectivity index (χ1) is 13.9. The molecule has 2 aromatic rings. The molecule has 0 amide bonds. The molecule has 2 rings (SSSR count). The second kappa shape index (κ2) is 10.7. The van der Waals surface area contributed by atoms with Crippen LogP contribution in [0.5, 0.6) is 0 Å². The molecule has 7 heteroatoms.